The molecule has 2 atom stereocenters. The Labute approximate surface area is 153 Å². The summed E-state index contributed by atoms with van der Waals surface area (Å²) in [5.41, 5.74) is 1.07. The molecular weight excluding hydrogens is 396 g/mol. The quantitative estimate of drug-likeness (QED) is 0.581. The first-order valence-corrected chi connectivity index (χ1v) is 8.72. The second-order valence-corrected chi connectivity index (χ2v) is 6.67. The molecule has 0 amide bonds. The maximum atomic E-state index is 13.7. The number of hydrogen-bond acceptors (Lipinski definition) is 3. The zero-order chi connectivity index (χ0) is 18.2. The molecule has 0 radical (unpaired) electrons. The molecule has 0 aromatic heterocycles. The van der Waals surface area contributed by atoms with Gasteiger partial charge in [0.05, 0.1) is 6.61 Å². The van der Waals surface area contributed by atoms with Crippen LogP contribution in [0.15, 0.2) is 46.9 Å². The van der Waals surface area contributed by atoms with E-state index in [1.54, 1.807) is 0 Å². The number of aliphatic hydroxyl groups excluding tert-OH is 2. The lowest BCUT2D eigenvalue weighted by molar-refractivity contribution is -0.917. The third kappa shape index (κ3) is 6.36. The number of nitrogens with one attached hydrogen (secondary N) is 1. The maximum absolute atomic E-state index is 13.7. The number of aliphatic hydroxyl groups is 2. The highest BCUT2D eigenvalue weighted by atomic mass is 79.9. The molecule has 0 saturated carbocycles. The molecular formula is C18H21BrF2NO3+. The van der Waals surface area contributed by atoms with Crippen molar-refractivity contribution in [2.45, 2.75) is 12.6 Å². The Kier molecular flexibility index (Phi) is 7.77. The van der Waals surface area contributed by atoms with Crippen molar-refractivity contribution < 1.29 is 28.6 Å². The van der Waals surface area contributed by atoms with E-state index in [1.807, 2.05) is 30.3 Å². The molecule has 136 valence electrons. The average molecular weight is 417 g/mol. The number of ether oxygens (including phenoxy) is 1. The van der Waals surface area contributed by atoms with Gasteiger partial charge in [0.2, 0.25) is 0 Å². The van der Waals surface area contributed by atoms with E-state index in [9.17, 15) is 19.0 Å². The minimum absolute atomic E-state index is 0.0221. The van der Waals surface area contributed by atoms with Crippen molar-refractivity contribution in [3.05, 3.63) is 64.1 Å². The standard InChI is InChI=1S/C18H20BrF2NO3/c19-14-8-16(20)18(17(21)9-14)25-12-15(24)11-22(6-7-23)10-13-4-2-1-3-5-13/h1-5,8-9,15,23-24H,6-7,10-12H2/p+1/t15-/m1/s1. The molecule has 4 nitrogen and oxygen atoms in total. The van der Waals surface area contributed by atoms with E-state index in [2.05, 4.69) is 15.9 Å². The van der Waals surface area contributed by atoms with Crippen LogP contribution in [0.4, 0.5) is 8.78 Å². The molecule has 2 aromatic rings. The normalized spacial score (nSPS) is 13.5. The summed E-state index contributed by atoms with van der Waals surface area (Å²) < 4.78 is 32.8. The van der Waals surface area contributed by atoms with Gasteiger partial charge in [-0.25, -0.2) is 8.78 Å². The van der Waals surface area contributed by atoms with Crippen LogP contribution in [0, 0.1) is 11.6 Å². The van der Waals surface area contributed by atoms with Crippen LogP contribution in [0.25, 0.3) is 0 Å². The minimum atomic E-state index is -0.923. The number of benzene rings is 2. The predicted octanol–water partition coefficient (Wildman–Crippen LogP) is 1.54. The maximum Gasteiger partial charge on any atom is 0.190 e. The lowest BCUT2D eigenvalue weighted by atomic mass is 10.2. The van der Waals surface area contributed by atoms with E-state index in [0.29, 0.717) is 13.1 Å². The molecule has 0 fully saturated rings. The van der Waals surface area contributed by atoms with E-state index in [1.165, 1.54) is 0 Å². The van der Waals surface area contributed by atoms with Crippen molar-refractivity contribution in [3.63, 3.8) is 0 Å². The molecule has 0 saturated heterocycles. The van der Waals surface area contributed by atoms with Gasteiger partial charge in [0, 0.05) is 10.0 Å². The van der Waals surface area contributed by atoms with Crippen LogP contribution in [0.5, 0.6) is 5.75 Å². The van der Waals surface area contributed by atoms with Gasteiger partial charge in [-0.15, -0.1) is 0 Å². The van der Waals surface area contributed by atoms with Crippen molar-refractivity contribution in [1.29, 1.82) is 0 Å². The average Bonchev–Trinajstić information content (AvgIpc) is 2.55. The van der Waals surface area contributed by atoms with Gasteiger partial charge in [-0.1, -0.05) is 46.3 Å². The molecule has 2 rings (SSSR count). The summed E-state index contributed by atoms with van der Waals surface area (Å²) in [4.78, 5) is 0.946. The SMILES string of the molecule is OCC[NH+](Cc1ccccc1)C[C@@H](O)COc1c(F)cc(Br)cc1F. The topological polar surface area (TPSA) is 54.1 Å². The van der Waals surface area contributed by atoms with Crippen molar-refractivity contribution in [3.8, 4) is 5.75 Å². The highest BCUT2D eigenvalue weighted by Gasteiger charge is 2.18. The van der Waals surface area contributed by atoms with Gasteiger partial charge in [0.15, 0.2) is 17.4 Å². The lowest BCUT2D eigenvalue weighted by Gasteiger charge is -2.22. The number of rotatable bonds is 9. The summed E-state index contributed by atoms with van der Waals surface area (Å²) in [6, 6.07) is 11.9. The molecule has 7 heteroatoms. The first kappa shape index (κ1) is 19.8. The fourth-order valence-electron chi connectivity index (χ4n) is 2.54. The zero-order valence-electron chi connectivity index (χ0n) is 13.6. The van der Waals surface area contributed by atoms with E-state index < -0.39 is 23.5 Å². The van der Waals surface area contributed by atoms with Crippen LogP contribution in [0.2, 0.25) is 0 Å². The number of halogens is 3. The monoisotopic (exact) mass is 416 g/mol. The highest BCUT2D eigenvalue weighted by molar-refractivity contribution is 9.10. The van der Waals surface area contributed by atoms with Crippen LogP contribution in [0.1, 0.15) is 5.56 Å². The Bertz CT molecular complexity index is 650. The molecule has 0 aliphatic carbocycles. The predicted molar refractivity (Wildman–Crippen MR) is 93.5 cm³/mol. The largest absolute Gasteiger partial charge is 0.485 e. The molecule has 0 spiro atoms. The van der Waals surface area contributed by atoms with Gasteiger partial charge in [-0.05, 0) is 12.1 Å². The summed E-state index contributed by atoms with van der Waals surface area (Å²) in [6.07, 6.45) is -0.923. The minimum Gasteiger partial charge on any atom is -0.485 e. The third-order valence-corrected chi connectivity index (χ3v) is 4.13. The molecule has 25 heavy (non-hydrogen) atoms. The van der Waals surface area contributed by atoms with Crippen molar-refractivity contribution in [2.24, 2.45) is 0 Å². The van der Waals surface area contributed by atoms with Crippen LogP contribution in [-0.2, 0) is 6.54 Å². The van der Waals surface area contributed by atoms with E-state index in [-0.39, 0.29) is 24.2 Å². The Morgan fingerprint density at radius 1 is 1.12 bits per heavy atom. The van der Waals surface area contributed by atoms with Crippen molar-refractivity contribution >= 4 is 15.9 Å². The zero-order valence-corrected chi connectivity index (χ0v) is 15.2. The fourth-order valence-corrected chi connectivity index (χ4v) is 2.95. The Morgan fingerprint density at radius 2 is 1.76 bits per heavy atom. The highest BCUT2D eigenvalue weighted by Crippen LogP contribution is 2.25. The number of quaternary nitrogens is 1. The molecule has 0 heterocycles. The van der Waals surface area contributed by atoms with E-state index >= 15 is 0 Å². The first-order valence-electron chi connectivity index (χ1n) is 7.93. The van der Waals surface area contributed by atoms with Crippen molar-refractivity contribution in [1.82, 2.24) is 0 Å². The smallest absolute Gasteiger partial charge is 0.190 e. The van der Waals surface area contributed by atoms with Gasteiger partial charge in [-0.2, -0.15) is 0 Å². The molecule has 3 N–H and O–H groups in total. The summed E-state index contributed by atoms with van der Waals surface area (Å²) in [7, 11) is 0. The van der Waals surface area contributed by atoms with Gasteiger partial charge in [-0.3, -0.25) is 0 Å². The third-order valence-electron chi connectivity index (χ3n) is 3.67. The molecule has 1 unspecified atom stereocenters. The van der Waals surface area contributed by atoms with Gasteiger partial charge in [0.25, 0.3) is 0 Å². The van der Waals surface area contributed by atoms with Gasteiger partial charge >= 0.3 is 0 Å². The van der Waals surface area contributed by atoms with Crippen LogP contribution < -0.4 is 9.64 Å². The van der Waals surface area contributed by atoms with Crippen LogP contribution >= 0.6 is 15.9 Å². The molecule has 2 aromatic carbocycles. The summed E-state index contributed by atoms with van der Waals surface area (Å²) in [6.45, 7) is 1.10. The Balaban J connectivity index is 1.92. The van der Waals surface area contributed by atoms with E-state index in [4.69, 9.17) is 4.74 Å². The Morgan fingerprint density at radius 3 is 2.36 bits per heavy atom. The fraction of sp³-hybridized carbons (Fsp3) is 0.333. The Hall–Kier alpha value is -1.54. The van der Waals surface area contributed by atoms with Gasteiger partial charge in [0.1, 0.15) is 32.3 Å². The summed E-state index contributed by atoms with van der Waals surface area (Å²) in [5.74, 6) is -2.17. The van der Waals surface area contributed by atoms with Gasteiger partial charge < -0.3 is 19.8 Å². The summed E-state index contributed by atoms with van der Waals surface area (Å²) >= 11 is 3.00. The van der Waals surface area contributed by atoms with Crippen LogP contribution in [-0.4, -0.2) is 42.6 Å². The number of hydrogen-bond donors (Lipinski definition) is 3. The summed E-state index contributed by atoms with van der Waals surface area (Å²) in [5, 5.41) is 19.3. The lowest BCUT2D eigenvalue weighted by Crippen LogP contribution is -3.12. The second-order valence-electron chi connectivity index (χ2n) is 5.75. The van der Waals surface area contributed by atoms with E-state index in [0.717, 1.165) is 22.6 Å². The molecule has 0 aliphatic rings. The van der Waals surface area contributed by atoms with Crippen LogP contribution in [0.3, 0.4) is 0 Å². The molecule has 0 aliphatic heterocycles. The molecule has 0 bridgehead atoms. The van der Waals surface area contributed by atoms with Crippen molar-refractivity contribution in [2.75, 3.05) is 26.3 Å². The second kappa shape index (κ2) is 9.82. The first-order chi connectivity index (χ1) is 12.0.